The minimum atomic E-state index is -0.814. The van der Waals surface area contributed by atoms with Crippen molar-refractivity contribution in [2.24, 2.45) is 21.7 Å². The molecular weight excluding hydrogens is 290 g/mol. The summed E-state index contributed by atoms with van der Waals surface area (Å²) in [5, 5.41) is 7.54. The van der Waals surface area contributed by atoms with E-state index in [1.54, 1.807) is 0 Å². The topological polar surface area (TPSA) is 140 Å². The molecule has 1 fully saturated rings. The molecule has 0 bridgehead atoms. The number of amides is 2. The molecule has 0 atom stereocenters. The van der Waals surface area contributed by atoms with E-state index in [1.807, 2.05) is 0 Å². The minimum Gasteiger partial charge on any atom is -0.388 e. The van der Waals surface area contributed by atoms with Crippen molar-refractivity contribution >= 4 is 30.0 Å². The minimum absolute atomic E-state index is 0.0414. The first kappa shape index (κ1) is 15.2. The molecule has 9 heteroatoms. The summed E-state index contributed by atoms with van der Waals surface area (Å²) in [6.45, 7) is 0. The van der Waals surface area contributed by atoms with Crippen LogP contribution < -0.4 is 11.5 Å². The third-order valence-corrected chi connectivity index (χ3v) is 2.83. The monoisotopic (exact) mass is 303 g/mol. The molecule has 1 aromatic rings. The Morgan fingerprint density at radius 3 is 2.23 bits per heavy atom. The zero-order chi connectivity index (χ0) is 16.1. The predicted molar refractivity (Wildman–Crippen MR) is 76.3 cm³/mol. The van der Waals surface area contributed by atoms with E-state index in [1.165, 1.54) is 24.3 Å². The molecule has 114 valence electrons. The van der Waals surface area contributed by atoms with Crippen molar-refractivity contribution in [3.63, 3.8) is 0 Å². The first-order valence-corrected chi connectivity index (χ1v) is 6.28. The molecule has 1 aliphatic heterocycles. The number of rotatable bonds is 4. The van der Waals surface area contributed by atoms with Crippen LogP contribution in [0.5, 0.6) is 0 Å². The van der Waals surface area contributed by atoms with Crippen LogP contribution in [-0.2, 0) is 14.4 Å². The fourth-order valence-corrected chi connectivity index (χ4v) is 1.72. The van der Waals surface area contributed by atoms with Gasteiger partial charge in [0.25, 0.3) is 11.8 Å². The Bertz CT molecular complexity index is 650. The Morgan fingerprint density at radius 2 is 1.68 bits per heavy atom. The number of carbonyl (C=O) groups is 3. The molecule has 0 aromatic heterocycles. The van der Waals surface area contributed by atoms with Gasteiger partial charge in [-0.05, 0) is 12.1 Å². The van der Waals surface area contributed by atoms with Crippen molar-refractivity contribution in [2.45, 2.75) is 12.8 Å². The van der Waals surface area contributed by atoms with Crippen LogP contribution in [0.2, 0.25) is 0 Å². The van der Waals surface area contributed by atoms with Gasteiger partial charge in [0, 0.05) is 18.4 Å². The average molecular weight is 303 g/mol. The number of imide groups is 1. The molecule has 0 aliphatic carbocycles. The van der Waals surface area contributed by atoms with Crippen LogP contribution in [0.15, 0.2) is 34.5 Å². The number of amidine groups is 1. The van der Waals surface area contributed by atoms with Crippen LogP contribution in [0.25, 0.3) is 0 Å². The lowest BCUT2D eigenvalue weighted by molar-refractivity contribution is -0.172. The Hall–Kier alpha value is -3.23. The van der Waals surface area contributed by atoms with Gasteiger partial charge in [-0.1, -0.05) is 12.1 Å². The molecule has 2 amide bonds. The summed E-state index contributed by atoms with van der Waals surface area (Å²) < 4.78 is 0. The molecule has 1 saturated heterocycles. The molecule has 1 aromatic carbocycles. The van der Waals surface area contributed by atoms with Gasteiger partial charge < -0.3 is 16.3 Å². The van der Waals surface area contributed by atoms with Gasteiger partial charge in [-0.15, -0.1) is 15.3 Å². The van der Waals surface area contributed by atoms with Crippen LogP contribution in [-0.4, -0.2) is 35.0 Å². The highest BCUT2D eigenvalue weighted by atomic mass is 16.7. The van der Waals surface area contributed by atoms with Gasteiger partial charge in [0.05, 0.1) is 5.56 Å². The number of benzene rings is 1. The molecule has 1 aliphatic rings. The van der Waals surface area contributed by atoms with E-state index in [9.17, 15) is 14.4 Å². The average Bonchev–Trinajstić information content (AvgIpc) is 2.84. The lowest BCUT2D eigenvalue weighted by Crippen LogP contribution is -2.32. The molecule has 4 N–H and O–H groups in total. The normalized spacial score (nSPS) is 15.6. The van der Waals surface area contributed by atoms with E-state index < -0.39 is 17.8 Å². The highest BCUT2D eigenvalue weighted by Crippen LogP contribution is 2.14. The Labute approximate surface area is 125 Å². The molecule has 2 rings (SSSR count). The fourth-order valence-electron chi connectivity index (χ4n) is 1.72. The van der Waals surface area contributed by atoms with E-state index in [0.29, 0.717) is 10.6 Å². The smallest absolute Gasteiger partial charge is 0.363 e. The van der Waals surface area contributed by atoms with Crippen molar-refractivity contribution < 1.29 is 19.2 Å². The summed E-state index contributed by atoms with van der Waals surface area (Å²) in [6, 6.07) is 5.90. The standard InChI is InChI=1S/C13H13N5O4/c14-7-16-17-12(15)8-1-3-9(4-2-8)13(21)22-18-10(19)5-6-11(18)20/h1-4,7H,5-6H2,(H2,14,16)(H2,15,17). The number of hydrogen-bond acceptors (Lipinski definition) is 6. The van der Waals surface area contributed by atoms with E-state index in [2.05, 4.69) is 10.2 Å². The summed E-state index contributed by atoms with van der Waals surface area (Å²) in [7, 11) is 0. The number of hydrogen-bond donors (Lipinski definition) is 2. The van der Waals surface area contributed by atoms with E-state index in [0.717, 1.165) is 6.34 Å². The summed E-state index contributed by atoms with van der Waals surface area (Å²) in [6.07, 6.45) is 1.07. The van der Waals surface area contributed by atoms with Gasteiger partial charge >= 0.3 is 5.97 Å². The Morgan fingerprint density at radius 1 is 1.14 bits per heavy atom. The second-order valence-corrected chi connectivity index (χ2v) is 4.29. The molecule has 0 radical (unpaired) electrons. The third-order valence-electron chi connectivity index (χ3n) is 2.83. The summed E-state index contributed by atoms with van der Waals surface area (Å²) in [5.74, 6) is -1.77. The molecule has 0 saturated carbocycles. The van der Waals surface area contributed by atoms with Crippen LogP contribution >= 0.6 is 0 Å². The highest BCUT2D eigenvalue weighted by molar-refractivity contribution is 6.03. The second kappa shape index (κ2) is 6.48. The van der Waals surface area contributed by atoms with Gasteiger partial charge in [-0.25, -0.2) is 4.79 Å². The van der Waals surface area contributed by atoms with Crippen molar-refractivity contribution in [1.29, 1.82) is 0 Å². The van der Waals surface area contributed by atoms with Gasteiger partial charge in [-0.2, -0.15) is 0 Å². The van der Waals surface area contributed by atoms with Crippen molar-refractivity contribution in [2.75, 3.05) is 0 Å². The molecule has 0 spiro atoms. The molecule has 22 heavy (non-hydrogen) atoms. The Balaban J connectivity index is 2.08. The molecule has 0 unspecified atom stereocenters. The number of nitrogens with zero attached hydrogens (tertiary/aromatic N) is 3. The largest absolute Gasteiger partial charge is 0.388 e. The van der Waals surface area contributed by atoms with Gasteiger partial charge in [0.2, 0.25) is 0 Å². The first-order chi connectivity index (χ1) is 10.5. The molecular formula is C13H13N5O4. The zero-order valence-corrected chi connectivity index (χ0v) is 11.4. The maximum Gasteiger partial charge on any atom is 0.363 e. The molecule has 1 heterocycles. The first-order valence-electron chi connectivity index (χ1n) is 6.28. The maximum atomic E-state index is 11.9. The van der Waals surface area contributed by atoms with Gasteiger partial charge in [0.15, 0.2) is 5.84 Å². The van der Waals surface area contributed by atoms with E-state index in [4.69, 9.17) is 16.3 Å². The maximum absolute atomic E-state index is 11.9. The van der Waals surface area contributed by atoms with Crippen molar-refractivity contribution in [3.8, 4) is 0 Å². The number of carbonyl (C=O) groups excluding carboxylic acids is 3. The van der Waals surface area contributed by atoms with Crippen LogP contribution in [0, 0.1) is 0 Å². The van der Waals surface area contributed by atoms with Gasteiger partial charge in [-0.3, -0.25) is 9.59 Å². The molecule has 9 nitrogen and oxygen atoms in total. The van der Waals surface area contributed by atoms with E-state index in [-0.39, 0.29) is 24.2 Å². The lowest BCUT2D eigenvalue weighted by Gasteiger charge is -2.12. The predicted octanol–water partition coefficient (Wildman–Crippen LogP) is -0.485. The number of nitrogens with two attached hydrogens (primary N) is 2. The highest BCUT2D eigenvalue weighted by Gasteiger charge is 2.33. The lowest BCUT2D eigenvalue weighted by atomic mass is 10.1. The summed E-state index contributed by atoms with van der Waals surface area (Å²) in [4.78, 5) is 39.4. The Kier molecular flexibility index (Phi) is 4.47. The third kappa shape index (κ3) is 3.26. The van der Waals surface area contributed by atoms with Crippen molar-refractivity contribution in [3.05, 3.63) is 35.4 Å². The number of hydroxylamine groups is 2. The second-order valence-electron chi connectivity index (χ2n) is 4.29. The summed E-state index contributed by atoms with van der Waals surface area (Å²) >= 11 is 0. The fraction of sp³-hybridized carbons (Fsp3) is 0.154. The zero-order valence-electron chi connectivity index (χ0n) is 11.4. The summed E-state index contributed by atoms with van der Waals surface area (Å²) in [5.41, 5.74) is 11.4. The van der Waals surface area contributed by atoms with Crippen LogP contribution in [0.4, 0.5) is 0 Å². The quantitative estimate of drug-likeness (QED) is 0.333. The van der Waals surface area contributed by atoms with Crippen LogP contribution in [0.1, 0.15) is 28.8 Å². The van der Waals surface area contributed by atoms with Crippen molar-refractivity contribution in [1.82, 2.24) is 5.06 Å². The van der Waals surface area contributed by atoms with E-state index >= 15 is 0 Å². The van der Waals surface area contributed by atoms with Crippen LogP contribution in [0.3, 0.4) is 0 Å². The SMILES string of the molecule is N/C=N\N=C(/N)c1ccc(C(=O)ON2C(=O)CCC2=O)cc1. The van der Waals surface area contributed by atoms with Gasteiger partial charge in [0.1, 0.15) is 6.34 Å².